The van der Waals surface area contributed by atoms with E-state index >= 15 is 0 Å². The molecule has 0 unspecified atom stereocenters. The van der Waals surface area contributed by atoms with Gasteiger partial charge in [-0.15, -0.1) is 5.10 Å². The van der Waals surface area contributed by atoms with Crippen molar-refractivity contribution >= 4 is 39.2 Å². The van der Waals surface area contributed by atoms with Crippen LogP contribution in [-0.2, 0) is 10.0 Å². The van der Waals surface area contributed by atoms with E-state index in [0.29, 0.717) is 16.9 Å². The summed E-state index contributed by atoms with van der Waals surface area (Å²) in [5, 5.41) is 12.9. The van der Waals surface area contributed by atoms with E-state index in [1.165, 1.54) is 28.9 Å². The molecule has 9 nitrogen and oxygen atoms in total. The second-order valence-corrected chi connectivity index (χ2v) is 6.12. The Morgan fingerprint density at radius 2 is 1.90 bits per heavy atom. The molecule has 0 bridgehead atoms. The fourth-order valence-electron chi connectivity index (χ4n) is 1.80. The summed E-state index contributed by atoms with van der Waals surface area (Å²) in [5.41, 5.74) is 7.06. The Bertz CT molecular complexity index is 988. The molecule has 0 atom stereocenters. The molecule has 0 saturated heterocycles. The van der Waals surface area contributed by atoms with Crippen molar-refractivity contribution in [2.75, 3.05) is 5.73 Å². The molecule has 0 aliphatic heterocycles. The van der Waals surface area contributed by atoms with E-state index < -0.39 is 10.0 Å². The molecule has 0 amide bonds. The second-order valence-electron chi connectivity index (χ2n) is 4.17. The molecular formula is C10H9N7O2S2. The van der Waals surface area contributed by atoms with Crippen LogP contribution in [0.25, 0.3) is 16.9 Å². The summed E-state index contributed by atoms with van der Waals surface area (Å²) < 4.78 is 24.1. The highest BCUT2D eigenvalue weighted by Gasteiger charge is 2.13. The lowest BCUT2D eigenvalue weighted by atomic mass is 10.3. The molecule has 21 heavy (non-hydrogen) atoms. The van der Waals surface area contributed by atoms with Crippen molar-refractivity contribution in [2.45, 2.75) is 4.90 Å². The van der Waals surface area contributed by atoms with Gasteiger partial charge in [-0.1, -0.05) is 5.21 Å². The van der Waals surface area contributed by atoms with Crippen molar-refractivity contribution in [1.82, 2.24) is 25.0 Å². The first-order valence-corrected chi connectivity index (χ1v) is 7.56. The number of sulfonamides is 1. The van der Waals surface area contributed by atoms with Crippen molar-refractivity contribution in [1.29, 1.82) is 0 Å². The average Bonchev–Trinajstić information content (AvgIpc) is 2.82. The van der Waals surface area contributed by atoms with Crippen molar-refractivity contribution in [2.24, 2.45) is 5.14 Å². The fraction of sp³-hybridized carbons (Fsp3) is 0. The predicted octanol–water partition coefficient (Wildman–Crippen LogP) is 0.103. The van der Waals surface area contributed by atoms with Gasteiger partial charge in [-0.05, 0) is 36.5 Å². The molecule has 3 aromatic rings. The summed E-state index contributed by atoms with van der Waals surface area (Å²) in [6, 6.07) is 5.80. The van der Waals surface area contributed by atoms with Gasteiger partial charge in [0.05, 0.1) is 10.6 Å². The Kier molecular flexibility index (Phi) is 2.97. The minimum Gasteiger partial charge on any atom is -0.383 e. The summed E-state index contributed by atoms with van der Waals surface area (Å²) >= 11 is 4.96. The Labute approximate surface area is 123 Å². The van der Waals surface area contributed by atoms with E-state index in [1.54, 1.807) is 0 Å². The van der Waals surface area contributed by atoms with E-state index in [2.05, 4.69) is 20.3 Å². The number of nitrogens with one attached hydrogen (secondary N) is 1. The van der Waals surface area contributed by atoms with Crippen LogP contribution in [-0.4, -0.2) is 33.4 Å². The Morgan fingerprint density at radius 1 is 1.24 bits per heavy atom. The molecule has 5 N–H and O–H groups in total. The minimum absolute atomic E-state index is 0.000403. The van der Waals surface area contributed by atoms with Gasteiger partial charge in [0.25, 0.3) is 0 Å². The van der Waals surface area contributed by atoms with Crippen LogP contribution in [0.1, 0.15) is 0 Å². The molecule has 0 aliphatic rings. The molecule has 0 radical (unpaired) electrons. The van der Waals surface area contributed by atoms with Crippen LogP contribution in [0.2, 0.25) is 0 Å². The highest BCUT2D eigenvalue weighted by atomic mass is 32.2. The SMILES string of the molecule is Nc1[nH]c(=S)nc2c1nnn2-c1ccc(S(N)(=O)=O)cc1. The van der Waals surface area contributed by atoms with Crippen molar-refractivity contribution in [3.63, 3.8) is 0 Å². The number of primary sulfonamides is 1. The summed E-state index contributed by atoms with van der Waals surface area (Å²) in [5.74, 6) is 0.261. The Morgan fingerprint density at radius 3 is 2.52 bits per heavy atom. The largest absolute Gasteiger partial charge is 0.383 e. The third kappa shape index (κ3) is 2.37. The highest BCUT2D eigenvalue weighted by molar-refractivity contribution is 7.89. The molecule has 1 aromatic carbocycles. The van der Waals surface area contributed by atoms with Gasteiger partial charge in [0, 0.05) is 0 Å². The van der Waals surface area contributed by atoms with Gasteiger partial charge in [0.1, 0.15) is 5.82 Å². The van der Waals surface area contributed by atoms with Crippen LogP contribution < -0.4 is 10.9 Å². The van der Waals surface area contributed by atoms with Gasteiger partial charge in [-0.2, -0.15) is 9.67 Å². The lowest BCUT2D eigenvalue weighted by Crippen LogP contribution is -2.12. The first-order valence-electron chi connectivity index (χ1n) is 5.61. The number of hydrogen-bond donors (Lipinski definition) is 3. The maximum Gasteiger partial charge on any atom is 0.238 e. The summed E-state index contributed by atoms with van der Waals surface area (Å²) in [4.78, 5) is 6.80. The van der Waals surface area contributed by atoms with Gasteiger partial charge < -0.3 is 10.7 Å². The summed E-state index contributed by atoms with van der Waals surface area (Å²) in [6.45, 7) is 0. The zero-order valence-electron chi connectivity index (χ0n) is 10.4. The van der Waals surface area contributed by atoms with Crippen LogP contribution in [0.3, 0.4) is 0 Å². The van der Waals surface area contributed by atoms with Gasteiger partial charge >= 0.3 is 0 Å². The first kappa shape index (κ1) is 13.6. The van der Waals surface area contributed by atoms with Crippen LogP contribution in [0.5, 0.6) is 0 Å². The highest BCUT2D eigenvalue weighted by Crippen LogP contribution is 2.18. The van der Waals surface area contributed by atoms with Crippen LogP contribution in [0.15, 0.2) is 29.2 Å². The fourth-order valence-corrected chi connectivity index (χ4v) is 2.51. The number of hydrogen-bond acceptors (Lipinski definition) is 7. The maximum atomic E-state index is 11.2. The predicted molar refractivity (Wildman–Crippen MR) is 77.6 cm³/mol. The van der Waals surface area contributed by atoms with Gasteiger partial charge in [-0.3, -0.25) is 0 Å². The number of anilines is 1. The zero-order chi connectivity index (χ0) is 15.2. The molecular weight excluding hydrogens is 314 g/mol. The lowest BCUT2D eigenvalue weighted by molar-refractivity contribution is 0.598. The van der Waals surface area contributed by atoms with Gasteiger partial charge in [-0.25, -0.2) is 13.6 Å². The number of benzene rings is 1. The molecule has 0 saturated carbocycles. The third-order valence-electron chi connectivity index (χ3n) is 2.76. The van der Waals surface area contributed by atoms with Crippen molar-refractivity contribution in [3.05, 3.63) is 29.0 Å². The molecule has 3 rings (SSSR count). The summed E-state index contributed by atoms with van der Waals surface area (Å²) in [7, 11) is -3.75. The van der Waals surface area contributed by atoms with E-state index in [0.717, 1.165) is 0 Å². The number of aromatic nitrogens is 5. The standard InChI is InChI=1S/C10H9N7O2S2/c11-8-7-9(14-10(20)13-8)17(16-15-7)5-1-3-6(4-2-5)21(12,18)19/h1-4H,(H2,12,18,19)(H3,11,13,14,20). The molecule has 0 spiro atoms. The molecule has 2 aromatic heterocycles. The average molecular weight is 323 g/mol. The monoisotopic (exact) mass is 323 g/mol. The number of nitrogen functional groups attached to an aromatic ring is 1. The number of aromatic amines is 1. The normalized spacial score (nSPS) is 11.9. The molecule has 108 valence electrons. The van der Waals surface area contributed by atoms with Crippen LogP contribution in [0.4, 0.5) is 5.82 Å². The zero-order valence-corrected chi connectivity index (χ0v) is 12.0. The summed E-state index contributed by atoms with van der Waals surface area (Å²) in [6.07, 6.45) is 0. The lowest BCUT2D eigenvalue weighted by Gasteiger charge is -2.03. The van der Waals surface area contributed by atoms with Gasteiger partial charge in [0.2, 0.25) is 14.8 Å². The third-order valence-corrected chi connectivity index (χ3v) is 3.88. The van der Waals surface area contributed by atoms with Gasteiger partial charge in [0.15, 0.2) is 11.2 Å². The van der Waals surface area contributed by atoms with E-state index in [4.69, 9.17) is 23.1 Å². The molecule has 0 aliphatic carbocycles. The topological polar surface area (TPSA) is 146 Å². The van der Waals surface area contributed by atoms with Crippen LogP contribution >= 0.6 is 12.2 Å². The smallest absolute Gasteiger partial charge is 0.238 e. The number of fused-ring (bicyclic) bond motifs is 1. The van der Waals surface area contributed by atoms with Crippen molar-refractivity contribution < 1.29 is 8.42 Å². The molecule has 11 heteroatoms. The molecule has 0 fully saturated rings. The van der Waals surface area contributed by atoms with E-state index in [9.17, 15) is 8.42 Å². The Balaban J connectivity index is 2.19. The minimum atomic E-state index is -3.75. The van der Waals surface area contributed by atoms with Crippen LogP contribution in [0, 0.1) is 4.77 Å². The second kappa shape index (κ2) is 4.58. The Hall–Kier alpha value is -2.37. The number of nitrogens with two attached hydrogens (primary N) is 2. The number of nitrogens with zero attached hydrogens (tertiary/aromatic N) is 4. The van der Waals surface area contributed by atoms with E-state index in [-0.39, 0.29) is 15.5 Å². The van der Waals surface area contributed by atoms with Crippen molar-refractivity contribution in [3.8, 4) is 5.69 Å². The molecule has 2 heterocycles. The number of rotatable bonds is 2. The van der Waals surface area contributed by atoms with E-state index in [1.807, 2.05) is 0 Å². The first-order chi connectivity index (χ1) is 9.86. The quantitative estimate of drug-likeness (QED) is 0.567. The number of H-pyrrole nitrogens is 1. The maximum absolute atomic E-state index is 11.2.